The first-order valence-corrected chi connectivity index (χ1v) is 11.8. The Morgan fingerprint density at radius 1 is 0.931 bits per heavy atom. The first kappa shape index (κ1) is 20.8. The van der Waals surface area contributed by atoms with Crippen LogP contribution >= 0.6 is 0 Å². The van der Waals surface area contributed by atoms with Crippen LogP contribution in [-0.2, 0) is 11.2 Å². The Morgan fingerprint density at radius 2 is 1.76 bits per heavy atom. The number of piperidine rings is 2. The zero-order valence-corrected chi connectivity index (χ0v) is 17.9. The van der Waals surface area contributed by atoms with E-state index in [0.29, 0.717) is 11.9 Å². The summed E-state index contributed by atoms with van der Waals surface area (Å²) in [6.45, 7) is 9.54. The van der Waals surface area contributed by atoms with Gasteiger partial charge in [0.1, 0.15) is 0 Å². The van der Waals surface area contributed by atoms with Gasteiger partial charge in [0.25, 0.3) is 0 Å². The minimum Gasteiger partial charge on any atom is -0.341 e. The number of hydrogen-bond acceptors (Lipinski definition) is 4. The second kappa shape index (κ2) is 10.6. The van der Waals surface area contributed by atoms with Gasteiger partial charge in [0.2, 0.25) is 5.91 Å². The molecule has 4 rings (SSSR count). The molecule has 3 aliphatic rings. The van der Waals surface area contributed by atoms with Gasteiger partial charge in [0.05, 0.1) is 5.92 Å². The molecule has 0 radical (unpaired) electrons. The average Bonchev–Trinajstić information content (AvgIpc) is 3.08. The van der Waals surface area contributed by atoms with Crippen molar-refractivity contribution in [2.75, 3.05) is 58.9 Å². The van der Waals surface area contributed by atoms with E-state index in [0.717, 1.165) is 52.0 Å². The smallest absolute Gasteiger partial charge is 0.227 e. The molecule has 0 unspecified atom stereocenters. The predicted octanol–water partition coefficient (Wildman–Crippen LogP) is 2.23. The number of likely N-dealkylation sites (tertiary alicyclic amines) is 2. The highest BCUT2D eigenvalue weighted by Crippen LogP contribution is 2.25. The zero-order valence-electron chi connectivity index (χ0n) is 17.9. The Labute approximate surface area is 176 Å². The first-order valence-electron chi connectivity index (χ1n) is 11.8. The molecule has 3 saturated heterocycles. The second-order valence-corrected chi connectivity index (χ2v) is 9.07. The number of nitrogens with one attached hydrogen (secondary N) is 1. The Hall–Kier alpha value is -1.43. The number of hydrogen-bond donors (Lipinski definition) is 1. The lowest BCUT2D eigenvalue weighted by atomic mass is 9.92. The third kappa shape index (κ3) is 5.80. The van der Waals surface area contributed by atoms with E-state index in [4.69, 9.17) is 0 Å². The lowest BCUT2D eigenvalue weighted by Crippen LogP contribution is -2.51. The monoisotopic (exact) mass is 398 g/mol. The van der Waals surface area contributed by atoms with Crippen molar-refractivity contribution < 1.29 is 4.79 Å². The van der Waals surface area contributed by atoms with Gasteiger partial charge in [-0.3, -0.25) is 9.69 Å². The largest absolute Gasteiger partial charge is 0.341 e. The number of benzene rings is 1. The molecule has 0 aliphatic carbocycles. The van der Waals surface area contributed by atoms with Gasteiger partial charge < -0.3 is 15.1 Å². The summed E-state index contributed by atoms with van der Waals surface area (Å²) >= 11 is 0. The number of rotatable bonds is 5. The van der Waals surface area contributed by atoms with E-state index in [2.05, 4.69) is 50.3 Å². The molecule has 1 atom stereocenters. The molecule has 3 fully saturated rings. The van der Waals surface area contributed by atoms with Gasteiger partial charge in [-0.25, -0.2) is 0 Å². The highest BCUT2D eigenvalue weighted by molar-refractivity contribution is 5.79. The van der Waals surface area contributed by atoms with Gasteiger partial charge in [-0.05, 0) is 70.3 Å². The van der Waals surface area contributed by atoms with Crippen LogP contribution in [0.15, 0.2) is 30.3 Å². The highest BCUT2D eigenvalue weighted by atomic mass is 16.2. The number of carbonyl (C=O) groups is 1. The SMILES string of the molecule is O=C([C@@H]1CCCN(C2CCN(CCc3ccccc3)CC2)C1)N1CCCNCC1. The van der Waals surface area contributed by atoms with Gasteiger partial charge >= 0.3 is 0 Å². The van der Waals surface area contributed by atoms with Crippen molar-refractivity contribution in [3.63, 3.8) is 0 Å². The van der Waals surface area contributed by atoms with E-state index in [1.807, 2.05) is 0 Å². The van der Waals surface area contributed by atoms with Crippen molar-refractivity contribution in [2.45, 2.75) is 44.6 Å². The number of carbonyl (C=O) groups excluding carboxylic acids is 1. The van der Waals surface area contributed by atoms with E-state index in [9.17, 15) is 4.79 Å². The van der Waals surface area contributed by atoms with E-state index in [-0.39, 0.29) is 5.92 Å². The molecule has 5 nitrogen and oxygen atoms in total. The van der Waals surface area contributed by atoms with Crippen molar-refractivity contribution in [1.82, 2.24) is 20.0 Å². The fourth-order valence-corrected chi connectivity index (χ4v) is 5.30. The molecule has 1 aromatic carbocycles. The minimum absolute atomic E-state index is 0.220. The normalized spacial score (nSPS) is 25.7. The third-order valence-electron chi connectivity index (χ3n) is 7.09. The van der Waals surface area contributed by atoms with E-state index < -0.39 is 0 Å². The van der Waals surface area contributed by atoms with Crippen molar-refractivity contribution in [3.8, 4) is 0 Å². The summed E-state index contributed by atoms with van der Waals surface area (Å²) in [4.78, 5) is 20.5. The third-order valence-corrected chi connectivity index (χ3v) is 7.09. The summed E-state index contributed by atoms with van der Waals surface area (Å²) in [5.74, 6) is 0.636. The van der Waals surface area contributed by atoms with Crippen molar-refractivity contribution in [3.05, 3.63) is 35.9 Å². The van der Waals surface area contributed by atoms with Gasteiger partial charge in [-0.2, -0.15) is 0 Å². The molecule has 160 valence electrons. The summed E-state index contributed by atoms with van der Waals surface area (Å²) in [7, 11) is 0. The molecule has 1 N–H and O–H groups in total. The van der Waals surface area contributed by atoms with Crippen LogP contribution < -0.4 is 5.32 Å². The number of nitrogens with zero attached hydrogens (tertiary/aromatic N) is 3. The van der Waals surface area contributed by atoms with Gasteiger partial charge in [-0.1, -0.05) is 30.3 Å². The summed E-state index contributed by atoms with van der Waals surface area (Å²) in [6.07, 6.45) is 7.00. The average molecular weight is 399 g/mol. The van der Waals surface area contributed by atoms with Crippen LogP contribution in [-0.4, -0.2) is 85.6 Å². The topological polar surface area (TPSA) is 38.8 Å². The van der Waals surface area contributed by atoms with Crippen LogP contribution in [0.3, 0.4) is 0 Å². The standard InChI is InChI=1S/C24H38N4O/c29-24(27-15-5-12-25-13-19-27)22-8-4-14-28(20-22)23-10-17-26(18-11-23)16-9-21-6-2-1-3-7-21/h1-3,6-7,22-23,25H,4-5,8-20H2/t22-/m1/s1. The minimum atomic E-state index is 0.220. The van der Waals surface area contributed by atoms with Crippen LogP contribution in [0.25, 0.3) is 0 Å². The maximum atomic E-state index is 13.1. The fourth-order valence-electron chi connectivity index (χ4n) is 5.30. The fraction of sp³-hybridized carbons (Fsp3) is 0.708. The Bertz CT molecular complexity index is 621. The molecule has 0 spiro atoms. The first-order chi connectivity index (χ1) is 14.3. The predicted molar refractivity (Wildman–Crippen MR) is 118 cm³/mol. The van der Waals surface area contributed by atoms with Crippen LogP contribution in [0.1, 0.15) is 37.7 Å². The number of amides is 1. The maximum Gasteiger partial charge on any atom is 0.227 e. The van der Waals surface area contributed by atoms with Crippen LogP contribution in [0.5, 0.6) is 0 Å². The van der Waals surface area contributed by atoms with Gasteiger partial charge in [0.15, 0.2) is 0 Å². The van der Waals surface area contributed by atoms with E-state index >= 15 is 0 Å². The van der Waals surface area contributed by atoms with Crippen LogP contribution in [0.2, 0.25) is 0 Å². The molecule has 0 saturated carbocycles. The maximum absolute atomic E-state index is 13.1. The molecule has 3 aliphatic heterocycles. The summed E-state index contributed by atoms with van der Waals surface area (Å²) in [6, 6.07) is 11.5. The van der Waals surface area contributed by atoms with Crippen molar-refractivity contribution in [1.29, 1.82) is 0 Å². The summed E-state index contributed by atoms with van der Waals surface area (Å²) in [5.41, 5.74) is 1.44. The van der Waals surface area contributed by atoms with Crippen LogP contribution in [0, 0.1) is 5.92 Å². The van der Waals surface area contributed by atoms with E-state index in [1.54, 1.807) is 0 Å². The summed E-state index contributed by atoms with van der Waals surface area (Å²) < 4.78 is 0. The quantitative estimate of drug-likeness (QED) is 0.826. The summed E-state index contributed by atoms with van der Waals surface area (Å²) in [5, 5.41) is 3.41. The molecule has 1 aromatic rings. The Kier molecular flexibility index (Phi) is 7.58. The van der Waals surface area contributed by atoms with Crippen molar-refractivity contribution >= 4 is 5.91 Å². The van der Waals surface area contributed by atoms with Gasteiger partial charge in [0, 0.05) is 38.8 Å². The lowest BCUT2D eigenvalue weighted by Gasteiger charge is -2.42. The lowest BCUT2D eigenvalue weighted by molar-refractivity contribution is -0.137. The molecule has 3 heterocycles. The van der Waals surface area contributed by atoms with Crippen molar-refractivity contribution in [2.24, 2.45) is 5.92 Å². The molecule has 5 heteroatoms. The second-order valence-electron chi connectivity index (χ2n) is 9.07. The van der Waals surface area contributed by atoms with E-state index in [1.165, 1.54) is 51.0 Å². The molecule has 1 amide bonds. The molecular weight excluding hydrogens is 360 g/mol. The van der Waals surface area contributed by atoms with Crippen LogP contribution in [0.4, 0.5) is 0 Å². The molecule has 29 heavy (non-hydrogen) atoms. The Morgan fingerprint density at radius 3 is 2.59 bits per heavy atom. The Balaban J connectivity index is 1.22. The molecular formula is C24H38N4O. The highest BCUT2D eigenvalue weighted by Gasteiger charge is 2.33. The molecule has 0 bridgehead atoms. The zero-order chi connectivity index (χ0) is 19.9. The molecule has 0 aromatic heterocycles. The van der Waals surface area contributed by atoms with Gasteiger partial charge in [-0.15, -0.1) is 0 Å².